The zero-order valence-electron chi connectivity index (χ0n) is 12.7. The van der Waals surface area contributed by atoms with Crippen molar-refractivity contribution < 1.29 is 14.1 Å². The molecule has 0 saturated heterocycles. The summed E-state index contributed by atoms with van der Waals surface area (Å²) in [4.78, 5) is 22.3. The molecule has 7 heteroatoms. The Morgan fingerprint density at radius 3 is 2.65 bits per heavy atom. The first-order valence-electron chi connectivity index (χ1n) is 6.92. The fourth-order valence-electron chi connectivity index (χ4n) is 2.04. The Morgan fingerprint density at radius 2 is 2.00 bits per heavy atom. The van der Waals surface area contributed by atoms with Crippen LogP contribution in [0.15, 0.2) is 36.4 Å². The van der Waals surface area contributed by atoms with Crippen LogP contribution in [0.1, 0.15) is 11.1 Å². The third kappa shape index (κ3) is 4.03. The van der Waals surface area contributed by atoms with Gasteiger partial charge in [0.1, 0.15) is 5.82 Å². The van der Waals surface area contributed by atoms with Crippen LogP contribution in [0.25, 0.3) is 0 Å². The molecule has 120 valence electrons. The van der Waals surface area contributed by atoms with Crippen LogP contribution in [-0.2, 0) is 4.79 Å². The minimum atomic E-state index is -0.502. The Hall–Kier alpha value is -2.96. The normalized spacial score (nSPS) is 10.2. The monoisotopic (exact) mass is 317 g/mol. The Kier molecular flexibility index (Phi) is 4.90. The largest absolute Gasteiger partial charge is 0.376 e. The molecular formula is C16H16FN3O3. The van der Waals surface area contributed by atoms with Crippen LogP contribution >= 0.6 is 0 Å². The summed E-state index contributed by atoms with van der Waals surface area (Å²) in [5.74, 6) is -0.737. The molecule has 2 N–H and O–H groups in total. The first kappa shape index (κ1) is 16.4. The number of anilines is 2. The van der Waals surface area contributed by atoms with Gasteiger partial charge < -0.3 is 10.6 Å². The lowest BCUT2D eigenvalue weighted by molar-refractivity contribution is -0.385. The number of hydrogen-bond donors (Lipinski definition) is 2. The molecule has 6 nitrogen and oxygen atoms in total. The van der Waals surface area contributed by atoms with Gasteiger partial charge in [-0.15, -0.1) is 0 Å². The van der Waals surface area contributed by atoms with Crippen molar-refractivity contribution in [1.82, 2.24) is 0 Å². The number of carbonyl (C=O) groups excluding carboxylic acids is 1. The molecule has 0 aliphatic carbocycles. The molecule has 0 saturated carbocycles. The predicted octanol–water partition coefficient (Wildman–Crippen LogP) is 3.40. The van der Waals surface area contributed by atoms with Crippen LogP contribution in [0.5, 0.6) is 0 Å². The molecule has 0 heterocycles. The van der Waals surface area contributed by atoms with Gasteiger partial charge in [-0.05, 0) is 37.6 Å². The van der Waals surface area contributed by atoms with Crippen LogP contribution in [0.2, 0.25) is 0 Å². The van der Waals surface area contributed by atoms with Crippen molar-refractivity contribution in [1.29, 1.82) is 0 Å². The van der Waals surface area contributed by atoms with Gasteiger partial charge in [-0.25, -0.2) is 4.39 Å². The zero-order chi connectivity index (χ0) is 17.0. The molecule has 0 aliphatic rings. The van der Waals surface area contributed by atoms with Crippen LogP contribution in [0.4, 0.5) is 21.5 Å². The molecule has 0 spiro atoms. The number of halogens is 1. The number of rotatable bonds is 5. The molecule has 2 aromatic carbocycles. The number of hydrogen-bond acceptors (Lipinski definition) is 4. The summed E-state index contributed by atoms with van der Waals surface area (Å²) in [6.07, 6.45) is 0. The molecule has 23 heavy (non-hydrogen) atoms. The maximum absolute atomic E-state index is 13.4. The summed E-state index contributed by atoms with van der Waals surface area (Å²) >= 11 is 0. The topological polar surface area (TPSA) is 84.3 Å². The van der Waals surface area contributed by atoms with Crippen LogP contribution in [0.3, 0.4) is 0 Å². The van der Waals surface area contributed by atoms with E-state index in [2.05, 4.69) is 10.6 Å². The van der Waals surface area contributed by atoms with Crippen molar-refractivity contribution in [3.8, 4) is 0 Å². The van der Waals surface area contributed by atoms with E-state index < -0.39 is 4.92 Å². The number of nitro benzene ring substituents is 1. The van der Waals surface area contributed by atoms with E-state index in [9.17, 15) is 19.3 Å². The second kappa shape index (κ2) is 6.87. The fourth-order valence-corrected chi connectivity index (χ4v) is 2.04. The highest BCUT2D eigenvalue weighted by Crippen LogP contribution is 2.24. The van der Waals surface area contributed by atoms with E-state index in [0.717, 1.165) is 0 Å². The molecule has 0 atom stereocenters. The maximum atomic E-state index is 13.4. The van der Waals surface area contributed by atoms with Crippen molar-refractivity contribution in [2.45, 2.75) is 13.8 Å². The summed E-state index contributed by atoms with van der Waals surface area (Å²) < 4.78 is 13.4. The molecule has 0 unspecified atom stereocenters. The number of nitro groups is 1. The summed E-state index contributed by atoms with van der Waals surface area (Å²) in [5, 5.41) is 16.3. The second-order valence-corrected chi connectivity index (χ2v) is 5.07. The van der Waals surface area contributed by atoms with Gasteiger partial charge in [0.25, 0.3) is 5.69 Å². The second-order valence-electron chi connectivity index (χ2n) is 5.07. The predicted molar refractivity (Wildman–Crippen MR) is 86.1 cm³/mol. The molecule has 0 bridgehead atoms. The number of amides is 1. The van der Waals surface area contributed by atoms with Crippen molar-refractivity contribution in [2.75, 3.05) is 17.2 Å². The van der Waals surface area contributed by atoms with Gasteiger partial charge >= 0.3 is 0 Å². The molecular weight excluding hydrogens is 301 g/mol. The van der Waals surface area contributed by atoms with E-state index in [4.69, 9.17) is 0 Å². The highest BCUT2D eigenvalue weighted by atomic mass is 19.1. The molecule has 1 amide bonds. The van der Waals surface area contributed by atoms with Crippen molar-refractivity contribution in [2.24, 2.45) is 0 Å². The minimum Gasteiger partial charge on any atom is -0.376 e. The Bertz CT molecular complexity index is 762. The van der Waals surface area contributed by atoms with Gasteiger partial charge in [-0.1, -0.05) is 12.1 Å². The Labute approximate surface area is 132 Å². The number of nitrogens with one attached hydrogen (secondary N) is 2. The van der Waals surface area contributed by atoms with Crippen LogP contribution in [0, 0.1) is 29.8 Å². The van der Waals surface area contributed by atoms with Crippen molar-refractivity contribution in [3.05, 3.63) is 63.5 Å². The first-order chi connectivity index (χ1) is 10.9. The van der Waals surface area contributed by atoms with Crippen molar-refractivity contribution in [3.63, 3.8) is 0 Å². The fraction of sp³-hybridized carbons (Fsp3) is 0.188. The molecule has 0 radical (unpaired) electrons. The Morgan fingerprint density at radius 1 is 1.26 bits per heavy atom. The van der Waals surface area contributed by atoms with E-state index in [1.54, 1.807) is 32.0 Å². The molecule has 2 aromatic rings. The van der Waals surface area contributed by atoms with Gasteiger partial charge in [0.05, 0.1) is 22.7 Å². The smallest absolute Gasteiger partial charge is 0.274 e. The van der Waals surface area contributed by atoms with Gasteiger partial charge in [-0.3, -0.25) is 14.9 Å². The van der Waals surface area contributed by atoms with Gasteiger partial charge in [0.15, 0.2) is 0 Å². The lowest BCUT2D eigenvalue weighted by Gasteiger charge is -2.10. The molecule has 0 fully saturated rings. The number of benzene rings is 2. The van der Waals surface area contributed by atoms with E-state index in [1.165, 1.54) is 18.2 Å². The molecule has 2 rings (SSSR count). The summed E-state index contributed by atoms with van der Waals surface area (Å²) in [6, 6.07) is 9.05. The number of carbonyl (C=O) groups is 1. The molecule has 0 aliphatic heterocycles. The average molecular weight is 317 g/mol. The van der Waals surface area contributed by atoms with E-state index in [-0.39, 0.29) is 24.0 Å². The summed E-state index contributed by atoms with van der Waals surface area (Å²) in [5.41, 5.74) is 1.70. The maximum Gasteiger partial charge on any atom is 0.274 e. The minimum absolute atomic E-state index is 0.0589. The highest BCUT2D eigenvalue weighted by molar-refractivity contribution is 5.94. The van der Waals surface area contributed by atoms with Crippen molar-refractivity contribution >= 4 is 23.0 Å². The van der Waals surface area contributed by atoms with E-state index in [1.807, 2.05) is 0 Å². The first-order valence-corrected chi connectivity index (χ1v) is 6.92. The van der Waals surface area contributed by atoms with Gasteiger partial charge in [0, 0.05) is 11.8 Å². The molecule has 0 aromatic heterocycles. The van der Waals surface area contributed by atoms with Gasteiger partial charge in [-0.2, -0.15) is 0 Å². The summed E-state index contributed by atoms with van der Waals surface area (Å²) in [6.45, 7) is 3.14. The number of aryl methyl sites for hydroxylation is 1. The van der Waals surface area contributed by atoms with E-state index >= 15 is 0 Å². The van der Waals surface area contributed by atoms with Gasteiger partial charge in [0.2, 0.25) is 5.91 Å². The third-order valence-corrected chi connectivity index (χ3v) is 3.40. The zero-order valence-corrected chi connectivity index (χ0v) is 12.7. The lowest BCUT2D eigenvalue weighted by Crippen LogP contribution is -2.22. The van der Waals surface area contributed by atoms with Crippen LogP contribution < -0.4 is 10.6 Å². The highest BCUT2D eigenvalue weighted by Gasteiger charge is 2.14. The Balaban J connectivity index is 2.01. The third-order valence-electron chi connectivity index (χ3n) is 3.40. The standard InChI is InChI=1S/C16H16FN3O3/c1-10-6-7-12(8-13(10)17)18-9-16(21)19-14-4-3-5-15(11(14)2)20(22)23/h3-8,18H,9H2,1-2H3,(H,19,21). The van der Waals surface area contributed by atoms with Crippen LogP contribution in [-0.4, -0.2) is 17.4 Å². The number of nitrogens with zero attached hydrogens (tertiary/aromatic N) is 1. The SMILES string of the molecule is Cc1ccc(NCC(=O)Nc2cccc([N+](=O)[O-])c2C)cc1F. The average Bonchev–Trinajstić information content (AvgIpc) is 2.50. The lowest BCUT2D eigenvalue weighted by atomic mass is 10.1. The van der Waals surface area contributed by atoms with E-state index in [0.29, 0.717) is 22.5 Å². The summed E-state index contributed by atoms with van der Waals surface area (Å²) in [7, 11) is 0. The quantitative estimate of drug-likeness (QED) is 0.654.